The molecule has 0 spiro atoms. The van der Waals surface area contributed by atoms with Crippen LogP contribution < -0.4 is 5.32 Å². The number of carbonyl (C=O) groups is 1. The van der Waals surface area contributed by atoms with Gasteiger partial charge in [0.1, 0.15) is 11.4 Å². The summed E-state index contributed by atoms with van der Waals surface area (Å²) in [5.41, 5.74) is -1.13. The third-order valence-electron chi connectivity index (χ3n) is 2.83. The van der Waals surface area contributed by atoms with Gasteiger partial charge in [0.2, 0.25) is 0 Å². The van der Waals surface area contributed by atoms with Crippen molar-refractivity contribution in [3.8, 4) is 0 Å². The smallest absolute Gasteiger partial charge is 0.254 e. The van der Waals surface area contributed by atoms with Crippen LogP contribution in [0, 0.1) is 0 Å². The Kier molecular flexibility index (Phi) is 4.38. The van der Waals surface area contributed by atoms with Crippen molar-refractivity contribution in [3.63, 3.8) is 0 Å². The molecule has 1 atom stereocenters. The number of aliphatic hydroxyl groups is 1. The van der Waals surface area contributed by atoms with Crippen molar-refractivity contribution < 1.29 is 14.3 Å². The second-order valence-electron chi connectivity index (χ2n) is 4.53. The fraction of sp³-hybridized carbons (Fsp3) is 0.214. The largest absolute Gasteiger partial charge is 0.466 e. The molecule has 6 heteroatoms. The second-order valence-corrected chi connectivity index (χ2v) is 5.34. The summed E-state index contributed by atoms with van der Waals surface area (Å²) in [4.78, 5) is 12.1. The molecule has 1 aromatic heterocycles. The molecule has 0 aliphatic carbocycles. The molecule has 0 fully saturated rings. The molecule has 4 nitrogen and oxygen atoms in total. The van der Waals surface area contributed by atoms with Gasteiger partial charge < -0.3 is 14.8 Å². The minimum atomic E-state index is -1.31. The van der Waals surface area contributed by atoms with E-state index < -0.39 is 11.5 Å². The van der Waals surface area contributed by atoms with E-state index in [0.717, 1.165) is 0 Å². The molecular weight excluding hydrogens is 301 g/mol. The number of carbonyl (C=O) groups excluding carboxylic acids is 1. The van der Waals surface area contributed by atoms with Gasteiger partial charge in [-0.15, -0.1) is 0 Å². The first-order valence-corrected chi connectivity index (χ1v) is 6.66. The van der Waals surface area contributed by atoms with Gasteiger partial charge in [-0.3, -0.25) is 4.79 Å². The number of halogens is 2. The molecule has 0 aliphatic rings. The highest BCUT2D eigenvalue weighted by atomic mass is 35.5. The zero-order chi connectivity index (χ0) is 14.8. The summed E-state index contributed by atoms with van der Waals surface area (Å²) in [6.45, 7) is 1.52. The van der Waals surface area contributed by atoms with E-state index in [0.29, 0.717) is 5.76 Å². The van der Waals surface area contributed by atoms with Gasteiger partial charge in [0.25, 0.3) is 5.91 Å². The lowest BCUT2D eigenvalue weighted by Gasteiger charge is -2.21. The van der Waals surface area contributed by atoms with Crippen LogP contribution in [-0.2, 0) is 5.60 Å². The summed E-state index contributed by atoms with van der Waals surface area (Å²) in [6.07, 6.45) is 1.45. The van der Waals surface area contributed by atoms with Crippen LogP contribution in [0.4, 0.5) is 0 Å². The van der Waals surface area contributed by atoms with Crippen molar-refractivity contribution >= 4 is 29.1 Å². The van der Waals surface area contributed by atoms with E-state index in [1.165, 1.54) is 6.26 Å². The van der Waals surface area contributed by atoms with Gasteiger partial charge in [-0.2, -0.15) is 0 Å². The van der Waals surface area contributed by atoms with Gasteiger partial charge in [-0.05, 0) is 31.2 Å². The highest BCUT2D eigenvalue weighted by molar-refractivity contribution is 6.39. The first-order valence-electron chi connectivity index (χ1n) is 5.90. The summed E-state index contributed by atoms with van der Waals surface area (Å²) in [5, 5.41) is 13.3. The minimum absolute atomic E-state index is 0.0269. The molecule has 20 heavy (non-hydrogen) atoms. The van der Waals surface area contributed by atoms with Crippen LogP contribution in [0.15, 0.2) is 41.0 Å². The average Bonchev–Trinajstić information content (AvgIpc) is 2.91. The van der Waals surface area contributed by atoms with E-state index in [4.69, 9.17) is 27.6 Å². The number of furan rings is 1. The van der Waals surface area contributed by atoms with Gasteiger partial charge in [0.05, 0.1) is 28.4 Å². The molecule has 2 rings (SSSR count). The van der Waals surface area contributed by atoms with Crippen molar-refractivity contribution in [2.45, 2.75) is 12.5 Å². The zero-order valence-electron chi connectivity index (χ0n) is 10.7. The summed E-state index contributed by atoms with van der Waals surface area (Å²) < 4.78 is 5.13. The molecule has 0 saturated heterocycles. The number of rotatable bonds is 4. The molecule has 1 amide bonds. The van der Waals surface area contributed by atoms with Crippen molar-refractivity contribution in [1.29, 1.82) is 0 Å². The Bertz CT molecular complexity index is 589. The van der Waals surface area contributed by atoms with Gasteiger partial charge in [0, 0.05) is 0 Å². The third kappa shape index (κ3) is 3.15. The Morgan fingerprint density at radius 1 is 1.30 bits per heavy atom. The van der Waals surface area contributed by atoms with Crippen LogP contribution in [0.1, 0.15) is 23.0 Å². The number of hydrogen-bond acceptors (Lipinski definition) is 3. The van der Waals surface area contributed by atoms with E-state index >= 15 is 0 Å². The maximum Gasteiger partial charge on any atom is 0.254 e. The topological polar surface area (TPSA) is 62.5 Å². The molecule has 0 saturated carbocycles. The fourth-order valence-electron chi connectivity index (χ4n) is 1.73. The predicted octanol–water partition coefficient (Wildman–Crippen LogP) is 3.22. The Morgan fingerprint density at radius 3 is 2.50 bits per heavy atom. The standard InChI is InChI=1S/C14H13Cl2NO3/c1-14(19,11-6-3-7-20-11)8-17-13(18)12-9(15)4-2-5-10(12)16/h2-7,19H,8H2,1H3,(H,17,18)/t14-/m1/s1. The highest BCUT2D eigenvalue weighted by Gasteiger charge is 2.27. The summed E-state index contributed by atoms with van der Waals surface area (Å²) in [7, 11) is 0. The maximum absolute atomic E-state index is 12.1. The van der Waals surface area contributed by atoms with E-state index in [1.807, 2.05) is 0 Å². The Morgan fingerprint density at radius 2 is 1.95 bits per heavy atom. The van der Waals surface area contributed by atoms with Gasteiger partial charge in [0.15, 0.2) is 0 Å². The number of nitrogens with one attached hydrogen (secondary N) is 1. The lowest BCUT2D eigenvalue weighted by Crippen LogP contribution is -2.38. The molecule has 0 unspecified atom stereocenters. The summed E-state index contributed by atoms with van der Waals surface area (Å²) in [6, 6.07) is 8.10. The van der Waals surface area contributed by atoms with Crippen LogP contribution in [0.2, 0.25) is 10.0 Å². The first kappa shape index (κ1) is 14.9. The SMILES string of the molecule is C[C@@](O)(CNC(=O)c1c(Cl)cccc1Cl)c1ccco1. The normalized spacial score (nSPS) is 13.8. The predicted molar refractivity (Wildman–Crippen MR) is 77.1 cm³/mol. The third-order valence-corrected chi connectivity index (χ3v) is 3.46. The highest BCUT2D eigenvalue weighted by Crippen LogP contribution is 2.25. The zero-order valence-corrected chi connectivity index (χ0v) is 12.2. The number of amides is 1. The molecular formula is C14H13Cl2NO3. The molecule has 2 aromatic rings. The first-order chi connectivity index (χ1) is 9.42. The van der Waals surface area contributed by atoms with E-state index in [9.17, 15) is 9.90 Å². The maximum atomic E-state index is 12.1. The molecule has 2 N–H and O–H groups in total. The summed E-state index contributed by atoms with van der Waals surface area (Å²) >= 11 is 11.9. The second kappa shape index (κ2) is 5.87. The Balaban J connectivity index is 2.10. The lowest BCUT2D eigenvalue weighted by molar-refractivity contribution is 0.0330. The molecule has 1 aromatic carbocycles. The quantitative estimate of drug-likeness (QED) is 0.911. The minimum Gasteiger partial charge on any atom is -0.466 e. The van der Waals surface area contributed by atoms with Crippen molar-refractivity contribution in [2.24, 2.45) is 0 Å². The monoisotopic (exact) mass is 313 g/mol. The number of benzene rings is 1. The average molecular weight is 314 g/mol. The van der Waals surface area contributed by atoms with E-state index in [-0.39, 0.29) is 22.2 Å². The van der Waals surface area contributed by atoms with Crippen molar-refractivity contribution in [3.05, 3.63) is 58.0 Å². The van der Waals surface area contributed by atoms with Gasteiger partial charge in [-0.25, -0.2) is 0 Å². The molecule has 106 valence electrons. The Labute approximate surface area is 126 Å². The lowest BCUT2D eigenvalue weighted by atomic mass is 10.0. The van der Waals surface area contributed by atoms with Crippen LogP contribution in [0.25, 0.3) is 0 Å². The van der Waals surface area contributed by atoms with Gasteiger partial charge >= 0.3 is 0 Å². The van der Waals surface area contributed by atoms with E-state index in [1.54, 1.807) is 37.3 Å². The molecule has 0 aliphatic heterocycles. The Hall–Kier alpha value is -1.49. The van der Waals surface area contributed by atoms with Gasteiger partial charge in [-0.1, -0.05) is 29.3 Å². The van der Waals surface area contributed by atoms with E-state index in [2.05, 4.69) is 5.32 Å². The van der Waals surface area contributed by atoms with Crippen molar-refractivity contribution in [1.82, 2.24) is 5.32 Å². The molecule has 1 heterocycles. The van der Waals surface area contributed by atoms with Crippen molar-refractivity contribution in [2.75, 3.05) is 6.54 Å². The summed E-state index contributed by atoms with van der Waals surface area (Å²) in [5.74, 6) is -0.0875. The van der Waals surface area contributed by atoms with Crippen LogP contribution in [0.3, 0.4) is 0 Å². The fourth-order valence-corrected chi connectivity index (χ4v) is 2.30. The van der Waals surface area contributed by atoms with Crippen LogP contribution in [0.5, 0.6) is 0 Å². The van der Waals surface area contributed by atoms with Crippen LogP contribution >= 0.6 is 23.2 Å². The molecule has 0 bridgehead atoms. The van der Waals surface area contributed by atoms with Crippen LogP contribution in [-0.4, -0.2) is 17.6 Å². The molecule has 0 radical (unpaired) electrons. The number of hydrogen-bond donors (Lipinski definition) is 2.